The lowest BCUT2D eigenvalue weighted by Gasteiger charge is -2.30. The summed E-state index contributed by atoms with van der Waals surface area (Å²) < 4.78 is 8.09. The van der Waals surface area contributed by atoms with E-state index in [9.17, 15) is 0 Å². The fourth-order valence-corrected chi connectivity index (χ4v) is 2.86. The quantitative estimate of drug-likeness (QED) is 0.803. The van der Waals surface area contributed by atoms with E-state index in [1.54, 1.807) is 12.4 Å². The van der Waals surface area contributed by atoms with Crippen LogP contribution in [0, 0.1) is 0 Å². The predicted octanol–water partition coefficient (Wildman–Crippen LogP) is 1.54. The second-order valence-electron chi connectivity index (χ2n) is 5.20. The average Bonchev–Trinajstić information content (AvgIpc) is 2.78. The van der Waals surface area contributed by atoms with Crippen LogP contribution in [0.25, 0.3) is 11.0 Å². The van der Waals surface area contributed by atoms with Gasteiger partial charge in [0.25, 0.3) is 0 Å². The number of rotatable bonds is 4. The lowest BCUT2D eigenvalue weighted by Crippen LogP contribution is -2.42. The number of hydrogen-bond donors (Lipinski definition) is 0. The van der Waals surface area contributed by atoms with Crippen LogP contribution in [0.15, 0.2) is 18.5 Å². The molecule has 0 bridgehead atoms. The fraction of sp³-hybridized carbons (Fsp3) is 0.571. The Morgan fingerprint density at radius 3 is 3.20 bits per heavy atom. The molecule has 0 aliphatic carbocycles. The average molecular weight is 295 g/mol. The van der Waals surface area contributed by atoms with Crippen molar-refractivity contribution in [3.05, 3.63) is 24.3 Å². The Labute approximate surface area is 123 Å². The van der Waals surface area contributed by atoms with E-state index < -0.39 is 0 Å². The number of ether oxygens (including phenoxy) is 1. The molecule has 3 heterocycles. The summed E-state index contributed by atoms with van der Waals surface area (Å²) in [5.74, 6) is 1.59. The highest BCUT2D eigenvalue weighted by Crippen LogP contribution is 2.18. The number of imidazole rings is 1. The number of hydrogen-bond acceptors (Lipinski definition) is 4. The van der Waals surface area contributed by atoms with Gasteiger partial charge in [-0.05, 0) is 13.1 Å². The monoisotopic (exact) mass is 294 g/mol. The maximum Gasteiger partial charge on any atom is 0.111 e. The Morgan fingerprint density at radius 1 is 1.50 bits per heavy atom. The molecule has 108 valence electrons. The van der Waals surface area contributed by atoms with E-state index in [1.165, 1.54) is 0 Å². The van der Waals surface area contributed by atoms with Crippen LogP contribution in [0.4, 0.5) is 0 Å². The van der Waals surface area contributed by atoms with Gasteiger partial charge in [0.15, 0.2) is 0 Å². The summed E-state index contributed by atoms with van der Waals surface area (Å²) in [4.78, 5) is 11.1. The lowest BCUT2D eigenvalue weighted by molar-refractivity contribution is -0.0272. The molecule has 2 aromatic rings. The number of nitrogens with zero attached hydrogens (tertiary/aromatic N) is 4. The van der Waals surface area contributed by atoms with Crippen LogP contribution in [0.2, 0.25) is 0 Å². The minimum Gasteiger partial charge on any atom is -0.374 e. The van der Waals surface area contributed by atoms with E-state index in [0.29, 0.717) is 5.88 Å². The highest BCUT2D eigenvalue weighted by atomic mass is 35.5. The van der Waals surface area contributed by atoms with Gasteiger partial charge in [0.05, 0.1) is 31.0 Å². The van der Waals surface area contributed by atoms with Gasteiger partial charge in [-0.1, -0.05) is 0 Å². The molecule has 1 unspecified atom stereocenters. The lowest BCUT2D eigenvalue weighted by atomic mass is 10.2. The Kier molecular flexibility index (Phi) is 4.19. The molecule has 2 aromatic heterocycles. The third kappa shape index (κ3) is 2.80. The third-order valence-electron chi connectivity index (χ3n) is 3.68. The minimum atomic E-state index is 0.202. The van der Waals surface area contributed by atoms with Gasteiger partial charge in [0, 0.05) is 31.6 Å². The molecule has 3 rings (SSSR count). The van der Waals surface area contributed by atoms with E-state index in [4.69, 9.17) is 16.3 Å². The number of pyridine rings is 1. The number of aromatic nitrogens is 3. The first kappa shape index (κ1) is 13.8. The summed E-state index contributed by atoms with van der Waals surface area (Å²) in [5.41, 5.74) is 2.04. The number of alkyl halides is 1. The highest BCUT2D eigenvalue weighted by molar-refractivity contribution is 6.17. The van der Waals surface area contributed by atoms with Crippen molar-refractivity contribution >= 4 is 22.6 Å². The minimum absolute atomic E-state index is 0.202. The van der Waals surface area contributed by atoms with Crippen LogP contribution >= 0.6 is 11.6 Å². The summed E-state index contributed by atoms with van der Waals surface area (Å²) in [6.07, 6.45) is 4.57. The van der Waals surface area contributed by atoms with Crippen molar-refractivity contribution in [2.45, 2.75) is 19.1 Å². The molecule has 1 saturated heterocycles. The summed E-state index contributed by atoms with van der Waals surface area (Å²) in [6.45, 7) is 3.56. The van der Waals surface area contributed by atoms with Crippen molar-refractivity contribution in [3.8, 4) is 0 Å². The van der Waals surface area contributed by atoms with Gasteiger partial charge in [-0.3, -0.25) is 4.98 Å². The Bertz CT molecular complexity index is 586. The van der Waals surface area contributed by atoms with Crippen LogP contribution in [0.5, 0.6) is 0 Å². The second-order valence-corrected chi connectivity index (χ2v) is 5.58. The summed E-state index contributed by atoms with van der Waals surface area (Å²) in [7, 11) is 2.13. The zero-order chi connectivity index (χ0) is 13.9. The van der Waals surface area contributed by atoms with Gasteiger partial charge in [0.2, 0.25) is 0 Å². The van der Waals surface area contributed by atoms with Crippen molar-refractivity contribution in [1.82, 2.24) is 19.4 Å². The Balaban J connectivity index is 1.90. The van der Waals surface area contributed by atoms with Crippen LogP contribution in [-0.4, -0.2) is 58.2 Å². The van der Waals surface area contributed by atoms with Crippen LogP contribution in [0.1, 0.15) is 5.82 Å². The molecule has 20 heavy (non-hydrogen) atoms. The second kappa shape index (κ2) is 6.08. The molecular weight excluding hydrogens is 276 g/mol. The molecule has 6 heteroatoms. The van der Waals surface area contributed by atoms with Gasteiger partial charge in [0.1, 0.15) is 11.3 Å². The third-order valence-corrected chi connectivity index (χ3v) is 3.86. The molecule has 1 fully saturated rings. The first-order chi connectivity index (χ1) is 9.78. The van der Waals surface area contributed by atoms with Gasteiger partial charge >= 0.3 is 0 Å². The molecule has 0 aromatic carbocycles. The molecule has 0 amide bonds. The SMILES string of the molecule is CN1CCOC(Cn2c(CCCl)nc3cnccc32)C1. The maximum atomic E-state index is 5.89. The van der Waals surface area contributed by atoms with Crippen molar-refractivity contribution < 1.29 is 4.74 Å². The van der Waals surface area contributed by atoms with E-state index in [1.807, 2.05) is 6.07 Å². The topological polar surface area (TPSA) is 43.2 Å². The van der Waals surface area contributed by atoms with Crippen molar-refractivity contribution in [1.29, 1.82) is 0 Å². The zero-order valence-electron chi connectivity index (χ0n) is 11.6. The molecule has 5 nitrogen and oxygen atoms in total. The Morgan fingerprint density at radius 2 is 2.40 bits per heavy atom. The van der Waals surface area contributed by atoms with Crippen LogP contribution in [-0.2, 0) is 17.7 Å². The molecule has 1 atom stereocenters. The van der Waals surface area contributed by atoms with Gasteiger partial charge in [-0.15, -0.1) is 11.6 Å². The van der Waals surface area contributed by atoms with Gasteiger partial charge in [-0.25, -0.2) is 4.98 Å². The molecule has 1 aliphatic rings. The molecule has 0 spiro atoms. The number of halogens is 1. The summed E-state index contributed by atoms with van der Waals surface area (Å²) in [5, 5.41) is 0. The number of likely N-dealkylation sites (N-methyl/N-ethyl adjacent to an activating group) is 1. The number of fused-ring (bicyclic) bond motifs is 1. The van der Waals surface area contributed by atoms with Gasteiger partial charge in [-0.2, -0.15) is 0 Å². The Hall–Kier alpha value is -1.17. The van der Waals surface area contributed by atoms with Crippen LogP contribution in [0.3, 0.4) is 0 Å². The molecule has 0 saturated carbocycles. The van der Waals surface area contributed by atoms with E-state index in [2.05, 4.69) is 26.5 Å². The fourth-order valence-electron chi connectivity index (χ4n) is 2.69. The number of aryl methyl sites for hydroxylation is 1. The normalized spacial score (nSPS) is 20.6. The predicted molar refractivity (Wildman–Crippen MR) is 79.2 cm³/mol. The summed E-state index contributed by atoms with van der Waals surface area (Å²) in [6, 6.07) is 2.01. The molecular formula is C14H19ClN4O. The number of morpholine rings is 1. The summed E-state index contributed by atoms with van der Waals surface area (Å²) >= 11 is 5.89. The molecule has 0 radical (unpaired) electrons. The maximum absolute atomic E-state index is 5.89. The van der Waals surface area contributed by atoms with Crippen molar-refractivity contribution in [3.63, 3.8) is 0 Å². The standard InChI is InChI=1S/C14H19ClN4O/c1-18-6-7-20-11(9-18)10-19-13-3-5-16-8-12(13)17-14(19)2-4-15/h3,5,8,11H,2,4,6-7,9-10H2,1H3. The smallest absolute Gasteiger partial charge is 0.111 e. The molecule has 0 N–H and O–H groups in total. The van der Waals surface area contributed by atoms with Crippen LogP contribution < -0.4 is 0 Å². The first-order valence-corrected chi connectivity index (χ1v) is 7.46. The molecule has 1 aliphatic heterocycles. The van der Waals surface area contributed by atoms with Crippen molar-refractivity contribution in [2.24, 2.45) is 0 Å². The zero-order valence-corrected chi connectivity index (χ0v) is 12.4. The van der Waals surface area contributed by atoms with E-state index >= 15 is 0 Å². The van der Waals surface area contributed by atoms with Gasteiger partial charge < -0.3 is 14.2 Å². The first-order valence-electron chi connectivity index (χ1n) is 6.93. The highest BCUT2D eigenvalue weighted by Gasteiger charge is 2.20. The van der Waals surface area contributed by atoms with Crippen molar-refractivity contribution in [2.75, 3.05) is 32.6 Å². The van der Waals surface area contributed by atoms with E-state index in [-0.39, 0.29) is 6.10 Å². The van der Waals surface area contributed by atoms with E-state index in [0.717, 1.165) is 49.5 Å². The largest absolute Gasteiger partial charge is 0.374 e.